The molecule has 0 aliphatic carbocycles. The number of hydrogen-bond donors (Lipinski definition) is 0. The van der Waals surface area contributed by atoms with Crippen LogP contribution < -0.4 is 0 Å². The van der Waals surface area contributed by atoms with E-state index in [1.54, 1.807) is 4.90 Å². The molecule has 0 radical (unpaired) electrons. The van der Waals surface area contributed by atoms with Gasteiger partial charge in [0.25, 0.3) is 0 Å². The minimum atomic E-state index is -0.415. The molecule has 0 aromatic rings. The Hall–Kier alpha value is -2.36. The molecule has 0 rings (SSSR count). The number of ether oxygens (including phenoxy) is 4. The first kappa shape index (κ1) is 69.6. The number of nitrogens with zero attached hydrogens (tertiary/aromatic N) is 2. The van der Waals surface area contributed by atoms with Crippen molar-refractivity contribution in [2.24, 2.45) is 0 Å². The van der Waals surface area contributed by atoms with Crippen molar-refractivity contribution in [3.8, 4) is 0 Å². The summed E-state index contributed by atoms with van der Waals surface area (Å²) in [6.45, 7) is 14.4. The maximum atomic E-state index is 14.0. The Morgan fingerprint density at radius 3 is 0.917 bits per heavy atom. The normalized spacial score (nSPS) is 11.7. The first-order chi connectivity index (χ1) is 35.0. The van der Waals surface area contributed by atoms with E-state index in [0.717, 1.165) is 193 Å². The van der Waals surface area contributed by atoms with E-state index in [9.17, 15) is 19.2 Å². The number of esters is 3. The second-order valence-electron chi connectivity index (χ2n) is 21.9. The van der Waals surface area contributed by atoms with E-state index in [-0.39, 0.29) is 48.9 Å². The molecule has 0 aromatic carbocycles. The van der Waals surface area contributed by atoms with Gasteiger partial charge in [0.1, 0.15) is 31.0 Å². The second-order valence-corrected chi connectivity index (χ2v) is 21.9. The summed E-state index contributed by atoms with van der Waals surface area (Å²) in [5.41, 5.74) is 0. The van der Waals surface area contributed by atoms with Crippen LogP contribution in [0.15, 0.2) is 0 Å². The Labute approximate surface area is 446 Å². The highest BCUT2D eigenvalue weighted by molar-refractivity contribution is 5.78. The average molecular weight is 1020 g/mol. The number of carbonyl (C=O) groups is 4. The van der Waals surface area contributed by atoms with E-state index < -0.39 is 6.09 Å². The molecule has 426 valence electrons. The zero-order chi connectivity index (χ0) is 53.1. The fraction of sp³-hybridized carbons (Fsp3) is 0.935. The lowest BCUT2D eigenvalue weighted by Crippen LogP contribution is -2.40. The van der Waals surface area contributed by atoms with Crippen LogP contribution in [0, 0.1) is 0 Å². The molecule has 0 fully saturated rings. The Kier molecular flexibility index (Phi) is 50.4. The van der Waals surface area contributed by atoms with Gasteiger partial charge in [-0.1, -0.05) is 196 Å². The molecule has 0 spiro atoms. The summed E-state index contributed by atoms with van der Waals surface area (Å²) in [5, 5.41) is 0. The summed E-state index contributed by atoms with van der Waals surface area (Å²) in [6, 6.07) is 0. The summed E-state index contributed by atoms with van der Waals surface area (Å²) in [4.78, 5) is 56.7. The van der Waals surface area contributed by atoms with Gasteiger partial charge in [0.05, 0.1) is 0 Å². The molecule has 0 saturated heterocycles. The molecule has 0 saturated carbocycles. The molecule has 0 atom stereocenters. The minimum absolute atomic E-state index is 0.0301. The highest BCUT2D eigenvalue weighted by Gasteiger charge is 2.25. The molecular weight excluding hydrogens is 901 g/mol. The third kappa shape index (κ3) is 45.1. The molecular formula is C62H120N2O8. The molecule has 10 heteroatoms. The van der Waals surface area contributed by atoms with Gasteiger partial charge in [0, 0.05) is 19.4 Å². The summed E-state index contributed by atoms with van der Waals surface area (Å²) in [5.74, 6) is -0.406. The summed E-state index contributed by atoms with van der Waals surface area (Å²) in [6.07, 6.45) is 43.9. The van der Waals surface area contributed by atoms with Gasteiger partial charge in [-0.15, -0.1) is 0 Å². The van der Waals surface area contributed by atoms with Crippen LogP contribution in [0.3, 0.4) is 0 Å². The second kappa shape index (κ2) is 52.1. The number of unbranched alkanes of at least 4 members (excludes halogenated alkanes) is 24. The standard InChI is InChI=1S/C62H120N2O8/c1-9-15-21-33-44-56(45-34-22-16-10-2)69-59(65)50-39-31-27-25-29-37-48-58(72-62(68)64(53-41-52-63(7)8)54-61(67)71-55(42-19-13-5)43-20-14-6)49-38-30-26-28-32-40-51-60(66)70-57(46-35-23-17-11-3)47-36-24-18-12-4/h55-58H,9-54H2,1-8H3. The van der Waals surface area contributed by atoms with Crippen LogP contribution in [0.25, 0.3) is 0 Å². The highest BCUT2D eigenvalue weighted by atomic mass is 16.6. The van der Waals surface area contributed by atoms with Gasteiger partial charge in [-0.05, 0) is 130 Å². The van der Waals surface area contributed by atoms with E-state index in [1.165, 1.54) is 77.0 Å². The predicted molar refractivity (Wildman–Crippen MR) is 303 cm³/mol. The molecule has 10 nitrogen and oxygen atoms in total. The van der Waals surface area contributed by atoms with Gasteiger partial charge < -0.3 is 23.8 Å². The quantitative estimate of drug-likeness (QED) is 0.0334. The van der Waals surface area contributed by atoms with Crippen molar-refractivity contribution >= 4 is 24.0 Å². The van der Waals surface area contributed by atoms with Crippen LogP contribution in [-0.2, 0) is 33.3 Å². The summed E-state index contributed by atoms with van der Waals surface area (Å²) < 4.78 is 24.4. The number of hydrogen-bond acceptors (Lipinski definition) is 9. The Morgan fingerprint density at radius 1 is 0.306 bits per heavy atom. The molecule has 72 heavy (non-hydrogen) atoms. The first-order valence-corrected chi connectivity index (χ1v) is 31.2. The molecule has 0 aromatic heterocycles. The van der Waals surface area contributed by atoms with Gasteiger partial charge in [0.2, 0.25) is 0 Å². The van der Waals surface area contributed by atoms with Crippen molar-refractivity contribution in [2.45, 2.75) is 342 Å². The Bertz CT molecular complexity index is 1140. The first-order valence-electron chi connectivity index (χ1n) is 31.2. The lowest BCUT2D eigenvalue weighted by molar-refractivity contribution is -0.151. The molecule has 0 N–H and O–H groups in total. The highest BCUT2D eigenvalue weighted by Crippen LogP contribution is 2.22. The van der Waals surface area contributed by atoms with E-state index in [1.807, 2.05) is 14.1 Å². The fourth-order valence-electron chi connectivity index (χ4n) is 9.70. The summed E-state index contributed by atoms with van der Waals surface area (Å²) in [7, 11) is 4.04. The van der Waals surface area contributed by atoms with E-state index >= 15 is 0 Å². The SMILES string of the molecule is CCCCCCC(CCCCCC)OC(=O)CCCCCCCCC(CCCCCCCCC(=O)OC(CCCCCC)CCCCCC)OC(=O)N(CCCN(C)C)CC(=O)OC(CCCC)CCCC. The third-order valence-corrected chi connectivity index (χ3v) is 14.4. The van der Waals surface area contributed by atoms with Crippen LogP contribution in [0.2, 0.25) is 0 Å². The predicted octanol–water partition coefficient (Wildman–Crippen LogP) is 18.0. The van der Waals surface area contributed by atoms with Crippen LogP contribution in [0.4, 0.5) is 4.79 Å². The molecule has 0 aliphatic heterocycles. The monoisotopic (exact) mass is 1020 g/mol. The zero-order valence-electron chi connectivity index (χ0n) is 49.0. The van der Waals surface area contributed by atoms with Crippen molar-refractivity contribution in [3.05, 3.63) is 0 Å². The lowest BCUT2D eigenvalue weighted by atomic mass is 10.0. The smallest absolute Gasteiger partial charge is 0.410 e. The van der Waals surface area contributed by atoms with E-state index in [2.05, 4.69) is 46.4 Å². The summed E-state index contributed by atoms with van der Waals surface area (Å²) >= 11 is 0. The lowest BCUT2D eigenvalue weighted by Gasteiger charge is -2.27. The van der Waals surface area contributed by atoms with Gasteiger partial charge in [-0.3, -0.25) is 19.3 Å². The van der Waals surface area contributed by atoms with Crippen LogP contribution in [0.5, 0.6) is 0 Å². The number of amides is 1. The molecule has 0 aliphatic rings. The zero-order valence-corrected chi connectivity index (χ0v) is 49.0. The largest absolute Gasteiger partial charge is 0.462 e. The molecule has 0 heterocycles. The van der Waals surface area contributed by atoms with E-state index in [4.69, 9.17) is 18.9 Å². The third-order valence-electron chi connectivity index (χ3n) is 14.4. The van der Waals surface area contributed by atoms with E-state index in [0.29, 0.717) is 19.4 Å². The molecule has 1 amide bonds. The molecule has 0 bridgehead atoms. The van der Waals surface area contributed by atoms with Gasteiger partial charge in [-0.25, -0.2) is 4.79 Å². The van der Waals surface area contributed by atoms with Crippen molar-refractivity contribution in [1.29, 1.82) is 0 Å². The molecule has 0 unspecified atom stereocenters. The van der Waals surface area contributed by atoms with Gasteiger partial charge in [-0.2, -0.15) is 0 Å². The fourth-order valence-corrected chi connectivity index (χ4v) is 9.70. The van der Waals surface area contributed by atoms with Gasteiger partial charge >= 0.3 is 24.0 Å². The van der Waals surface area contributed by atoms with Crippen LogP contribution in [-0.4, -0.2) is 91.9 Å². The Morgan fingerprint density at radius 2 is 0.583 bits per heavy atom. The van der Waals surface area contributed by atoms with Crippen molar-refractivity contribution in [3.63, 3.8) is 0 Å². The maximum Gasteiger partial charge on any atom is 0.410 e. The van der Waals surface area contributed by atoms with Gasteiger partial charge in [0.15, 0.2) is 0 Å². The van der Waals surface area contributed by atoms with Crippen molar-refractivity contribution in [2.75, 3.05) is 33.7 Å². The van der Waals surface area contributed by atoms with Crippen LogP contribution >= 0.6 is 0 Å². The van der Waals surface area contributed by atoms with Crippen LogP contribution in [0.1, 0.15) is 318 Å². The Balaban J connectivity index is 5.35. The van der Waals surface area contributed by atoms with Crippen molar-refractivity contribution < 1.29 is 38.1 Å². The average Bonchev–Trinajstić information content (AvgIpc) is 3.35. The minimum Gasteiger partial charge on any atom is -0.462 e. The van der Waals surface area contributed by atoms with Crippen molar-refractivity contribution in [1.82, 2.24) is 9.80 Å². The number of rotatable bonds is 54. The topological polar surface area (TPSA) is 112 Å². The maximum absolute atomic E-state index is 14.0. The number of carbonyl (C=O) groups excluding carboxylic acids is 4.